The fourth-order valence-electron chi connectivity index (χ4n) is 1.47. The number of aryl methyl sites for hydroxylation is 1. The van der Waals surface area contributed by atoms with Crippen LogP contribution in [0.1, 0.15) is 11.1 Å². The van der Waals surface area contributed by atoms with Gasteiger partial charge in [0, 0.05) is 11.2 Å². The number of hydrogen-bond donors (Lipinski definition) is 0. The third kappa shape index (κ3) is 3.66. The molecule has 19 heavy (non-hydrogen) atoms. The zero-order chi connectivity index (χ0) is 13.9. The SMILES string of the molecule is Cc1ccc(C=NS(=O)(=O)c2cccc(Cl)c2)cc1. The van der Waals surface area contributed by atoms with Crippen LogP contribution in [0.25, 0.3) is 0 Å². The molecular formula is C14H12ClNO2S. The molecule has 0 aliphatic rings. The topological polar surface area (TPSA) is 46.5 Å². The Morgan fingerprint density at radius 1 is 1.11 bits per heavy atom. The fraction of sp³-hybridized carbons (Fsp3) is 0.0714. The van der Waals surface area contributed by atoms with Crippen molar-refractivity contribution in [2.45, 2.75) is 11.8 Å². The minimum absolute atomic E-state index is 0.0864. The van der Waals surface area contributed by atoms with E-state index in [9.17, 15) is 8.42 Å². The second kappa shape index (κ2) is 5.55. The van der Waals surface area contributed by atoms with Crippen molar-refractivity contribution in [2.24, 2.45) is 4.40 Å². The van der Waals surface area contributed by atoms with E-state index in [1.54, 1.807) is 12.1 Å². The van der Waals surface area contributed by atoms with Crippen molar-refractivity contribution in [3.05, 3.63) is 64.7 Å². The van der Waals surface area contributed by atoms with Gasteiger partial charge in [0.25, 0.3) is 10.0 Å². The van der Waals surface area contributed by atoms with E-state index >= 15 is 0 Å². The van der Waals surface area contributed by atoms with Crippen LogP contribution in [-0.2, 0) is 10.0 Å². The van der Waals surface area contributed by atoms with Gasteiger partial charge in [-0.1, -0.05) is 47.5 Å². The Labute approximate surface area is 117 Å². The quantitative estimate of drug-likeness (QED) is 0.814. The maximum atomic E-state index is 12.0. The van der Waals surface area contributed by atoms with Gasteiger partial charge in [0.2, 0.25) is 0 Å². The summed E-state index contributed by atoms with van der Waals surface area (Å²) >= 11 is 5.77. The maximum absolute atomic E-state index is 12.0. The number of hydrogen-bond acceptors (Lipinski definition) is 2. The minimum atomic E-state index is -3.71. The lowest BCUT2D eigenvalue weighted by atomic mass is 10.2. The van der Waals surface area contributed by atoms with Crippen LogP contribution in [0.4, 0.5) is 0 Å². The average Bonchev–Trinajstić information content (AvgIpc) is 2.38. The molecule has 0 amide bonds. The normalized spacial score (nSPS) is 11.9. The first kappa shape index (κ1) is 13.8. The lowest BCUT2D eigenvalue weighted by Gasteiger charge is -1.99. The first-order valence-electron chi connectivity index (χ1n) is 5.60. The predicted octanol–water partition coefficient (Wildman–Crippen LogP) is 3.46. The van der Waals surface area contributed by atoms with Crippen molar-refractivity contribution in [1.82, 2.24) is 0 Å². The van der Waals surface area contributed by atoms with E-state index in [4.69, 9.17) is 11.6 Å². The standard InChI is InChI=1S/C14H12ClNO2S/c1-11-5-7-12(8-6-11)10-16-19(17,18)14-4-2-3-13(15)9-14/h2-10H,1H3. The Morgan fingerprint density at radius 3 is 2.42 bits per heavy atom. The van der Waals surface area contributed by atoms with Gasteiger partial charge in [-0.2, -0.15) is 12.8 Å². The van der Waals surface area contributed by atoms with Crippen LogP contribution in [0.2, 0.25) is 5.02 Å². The highest BCUT2D eigenvalue weighted by Crippen LogP contribution is 2.17. The lowest BCUT2D eigenvalue weighted by molar-refractivity contribution is 0.598. The summed E-state index contributed by atoms with van der Waals surface area (Å²) in [4.78, 5) is 0.0864. The molecular weight excluding hydrogens is 282 g/mol. The lowest BCUT2D eigenvalue weighted by Crippen LogP contribution is -1.97. The van der Waals surface area contributed by atoms with E-state index in [-0.39, 0.29) is 4.90 Å². The molecule has 0 radical (unpaired) electrons. The maximum Gasteiger partial charge on any atom is 0.282 e. The van der Waals surface area contributed by atoms with Crippen LogP contribution in [0.3, 0.4) is 0 Å². The number of sulfonamides is 1. The van der Waals surface area contributed by atoms with E-state index < -0.39 is 10.0 Å². The molecule has 98 valence electrons. The first-order chi connectivity index (χ1) is 8.97. The number of rotatable bonds is 3. The second-order valence-electron chi connectivity index (χ2n) is 4.08. The summed E-state index contributed by atoms with van der Waals surface area (Å²) in [6.07, 6.45) is 1.33. The monoisotopic (exact) mass is 293 g/mol. The van der Waals surface area contributed by atoms with Gasteiger partial charge in [0.15, 0.2) is 0 Å². The van der Waals surface area contributed by atoms with Crippen molar-refractivity contribution in [3.8, 4) is 0 Å². The van der Waals surface area contributed by atoms with E-state index in [0.29, 0.717) is 5.02 Å². The molecule has 0 aliphatic carbocycles. The average molecular weight is 294 g/mol. The number of benzene rings is 2. The molecule has 2 aromatic carbocycles. The van der Waals surface area contributed by atoms with E-state index in [1.807, 2.05) is 31.2 Å². The Balaban J connectivity index is 2.29. The van der Waals surface area contributed by atoms with E-state index in [2.05, 4.69) is 4.40 Å². The van der Waals surface area contributed by atoms with Gasteiger partial charge >= 0.3 is 0 Å². The molecule has 0 unspecified atom stereocenters. The van der Waals surface area contributed by atoms with Crippen LogP contribution in [0.5, 0.6) is 0 Å². The Bertz CT molecular complexity index is 706. The van der Waals surface area contributed by atoms with Crippen LogP contribution < -0.4 is 0 Å². The van der Waals surface area contributed by atoms with Gasteiger partial charge in [-0.05, 0) is 30.7 Å². The number of nitrogens with zero attached hydrogens (tertiary/aromatic N) is 1. The molecule has 0 saturated heterocycles. The molecule has 0 saturated carbocycles. The molecule has 2 aromatic rings. The van der Waals surface area contributed by atoms with Gasteiger partial charge in [-0.15, -0.1) is 0 Å². The molecule has 0 N–H and O–H groups in total. The largest absolute Gasteiger partial charge is 0.282 e. The van der Waals surface area contributed by atoms with Gasteiger partial charge in [0.05, 0.1) is 4.90 Å². The molecule has 0 spiro atoms. The predicted molar refractivity (Wildman–Crippen MR) is 77.4 cm³/mol. The minimum Gasteiger partial charge on any atom is -0.199 e. The summed E-state index contributed by atoms with van der Waals surface area (Å²) in [6.45, 7) is 1.96. The Kier molecular flexibility index (Phi) is 4.02. The molecule has 0 bridgehead atoms. The van der Waals surface area contributed by atoms with Crippen molar-refractivity contribution in [1.29, 1.82) is 0 Å². The van der Waals surface area contributed by atoms with Crippen LogP contribution >= 0.6 is 11.6 Å². The van der Waals surface area contributed by atoms with Gasteiger partial charge in [0.1, 0.15) is 0 Å². The Hall–Kier alpha value is -1.65. The van der Waals surface area contributed by atoms with Gasteiger partial charge in [-0.25, -0.2) is 0 Å². The summed E-state index contributed by atoms with van der Waals surface area (Å²) in [5.74, 6) is 0. The second-order valence-corrected chi connectivity index (χ2v) is 6.15. The third-order valence-electron chi connectivity index (χ3n) is 2.51. The molecule has 0 aliphatic heterocycles. The summed E-state index contributed by atoms with van der Waals surface area (Å²) < 4.78 is 27.6. The highest BCUT2D eigenvalue weighted by molar-refractivity contribution is 7.90. The van der Waals surface area contributed by atoms with Crippen LogP contribution in [-0.4, -0.2) is 14.6 Å². The summed E-state index contributed by atoms with van der Waals surface area (Å²) in [6, 6.07) is 13.5. The first-order valence-corrected chi connectivity index (χ1v) is 7.42. The fourth-order valence-corrected chi connectivity index (χ4v) is 2.63. The molecule has 3 nitrogen and oxygen atoms in total. The summed E-state index contributed by atoms with van der Waals surface area (Å²) in [5, 5.41) is 0.367. The molecule has 0 fully saturated rings. The smallest absolute Gasteiger partial charge is 0.199 e. The summed E-state index contributed by atoms with van der Waals surface area (Å²) in [7, 11) is -3.71. The van der Waals surface area contributed by atoms with Gasteiger partial charge < -0.3 is 0 Å². The van der Waals surface area contributed by atoms with E-state index in [1.165, 1.54) is 18.3 Å². The third-order valence-corrected chi connectivity index (χ3v) is 3.98. The summed E-state index contributed by atoms with van der Waals surface area (Å²) in [5.41, 5.74) is 1.84. The van der Waals surface area contributed by atoms with Crippen molar-refractivity contribution < 1.29 is 8.42 Å². The van der Waals surface area contributed by atoms with Crippen LogP contribution in [0.15, 0.2) is 57.8 Å². The highest BCUT2D eigenvalue weighted by atomic mass is 35.5. The van der Waals surface area contributed by atoms with Crippen LogP contribution in [0, 0.1) is 6.92 Å². The molecule has 2 rings (SSSR count). The molecule has 0 atom stereocenters. The zero-order valence-electron chi connectivity index (χ0n) is 10.2. The van der Waals surface area contributed by atoms with E-state index in [0.717, 1.165) is 11.1 Å². The molecule has 0 aromatic heterocycles. The zero-order valence-corrected chi connectivity index (χ0v) is 11.8. The Morgan fingerprint density at radius 2 is 1.79 bits per heavy atom. The molecule has 0 heterocycles. The number of halogens is 1. The highest BCUT2D eigenvalue weighted by Gasteiger charge is 2.11. The van der Waals surface area contributed by atoms with Crippen molar-refractivity contribution in [2.75, 3.05) is 0 Å². The van der Waals surface area contributed by atoms with Crippen molar-refractivity contribution >= 4 is 27.8 Å². The van der Waals surface area contributed by atoms with Gasteiger partial charge in [-0.3, -0.25) is 0 Å². The molecule has 5 heteroatoms. The van der Waals surface area contributed by atoms with Crippen molar-refractivity contribution in [3.63, 3.8) is 0 Å².